The van der Waals surface area contributed by atoms with Gasteiger partial charge in [0.1, 0.15) is 18.1 Å². The first-order valence-corrected chi connectivity index (χ1v) is 9.51. The SMILES string of the molecule is C=CCc1cc(/C=C2/NC(=O)N(C)C2=O)cc(OCC)c1OCc1ccc(F)cc1. The fourth-order valence-electron chi connectivity index (χ4n) is 3.03. The lowest BCUT2D eigenvalue weighted by Crippen LogP contribution is -2.25. The summed E-state index contributed by atoms with van der Waals surface area (Å²) in [6.07, 6.45) is 3.85. The van der Waals surface area contributed by atoms with Gasteiger partial charge in [-0.05, 0) is 54.8 Å². The number of hydrogen-bond acceptors (Lipinski definition) is 4. The maximum atomic E-state index is 13.1. The molecule has 0 atom stereocenters. The van der Waals surface area contributed by atoms with Crippen molar-refractivity contribution in [3.63, 3.8) is 0 Å². The molecule has 0 bridgehead atoms. The van der Waals surface area contributed by atoms with Gasteiger partial charge in [0, 0.05) is 12.6 Å². The zero-order valence-corrected chi connectivity index (χ0v) is 16.9. The van der Waals surface area contributed by atoms with Gasteiger partial charge in [-0.25, -0.2) is 9.18 Å². The van der Waals surface area contributed by atoms with Crippen LogP contribution in [0.15, 0.2) is 54.8 Å². The molecule has 0 aliphatic carbocycles. The molecule has 0 radical (unpaired) electrons. The Balaban J connectivity index is 1.95. The van der Waals surface area contributed by atoms with E-state index in [0.717, 1.165) is 16.0 Å². The summed E-state index contributed by atoms with van der Waals surface area (Å²) in [5.74, 6) is 0.357. The van der Waals surface area contributed by atoms with Crippen LogP contribution in [0.2, 0.25) is 0 Å². The molecule has 3 amide bonds. The van der Waals surface area contributed by atoms with Gasteiger partial charge in [-0.3, -0.25) is 9.69 Å². The number of nitrogens with zero attached hydrogens (tertiary/aromatic N) is 1. The molecule has 1 N–H and O–H groups in total. The molecule has 156 valence electrons. The normalized spacial score (nSPS) is 14.8. The third kappa shape index (κ3) is 4.68. The molecule has 1 heterocycles. The number of imide groups is 1. The van der Waals surface area contributed by atoms with Crippen LogP contribution in [0, 0.1) is 5.82 Å². The summed E-state index contributed by atoms with van der Waals surface area (Å²) in [5, 5.41) is 2.55. The van der Waals surface area contributed by atoms with E-state index in [-0.39, 0.29) is 18.1 Å². The highest BCUT2D eigenvalue weighted by atomic mass is 19.1. The molecule has 2 aromatic rings. The number of benzene rings is 2. The predicted molar refractivity (Wildman–Crippen MR) is 112 cm³/mol. The van der Waals surface area contributed by atoms with E-state index < -0.39 is 11.9 Å². The monoisotopic (exact) mass is 410 g/mol. The second-order valence-electron chi connectivity index (χ2n) is 6.70. The third-order valence-corrected chi connectivity index (χ3v) is 4.51. The molecule has 1 fully saturated rings. The van der Waals surface area contributed by atoms with Gasteiger partial charge < -0.3 is 14.8 Å². The third-order valence-electron chi connectivity index (χ3n) is 4.51. The minimum atomic E-state index is -0.471. The number of nitrogens with one attached hydrogen (secondary N) is 1. The van der Waals surface area contributed by atoms with Gasteiger partial charge in [0.2, 0.25) is 0 Å². The zero-order chi connectivity index (χ0) is 21.7. The van der Waals surface area contributed by atoms with Crippen LogP contribution in [-0.2, 0) is 17.8 Å². The first kappa shape index (κ1) is 21.1. The van der Waals surface area contributed by atoms with Crippen molar-refractivity contribution in [3.05, 3.63) is 77.3 Å². The van der Waals surface area contributed by atoms with Crippen molar-refractivity contribution in [2.75, 3.05) is 13.7 Å². The minimum absolute atomic E-state index is 0.189. The molecule has 1 aliphatic rings. The summed E-state index contributed by atoms with van der Waals surface area (Å²) in [6, 6.07) is 9.22. The summed E-state index contributed by atoms with van der Waals surface area (Å²) >= 11 is 0. The fourth-order valence-corrected chi connectivity index (χ4v) is 3.03. The Hall–Kier alpha value is -3.61. The number of urea groups is 1. The number of carbonyl (C=O) groups excluding carboxylic acids is 2. The molecule has 7 heteroatoms. The smallest absolute Gasteiger partial charge is 0.328 e. The maximum absolute atomic E-state index is 13.1. The molecule has 0 aromatic heterocycles. The van der Waals surface area contributed by atoms with Gasteiger partial charge in [0.15, 0.2) is 11.5 Å². The molecule has 30 heavy (non-hydrogen) atoms. The van der Waals surface area contributed by atoms with E-state index in [9.17, 15) is 14.0 Å². The number of halogens is 1. The predicted octanol–water partition coefficient (Wildman–Crippen LogP) is 4.05. The fraction of sp³-hybridized carbons (Fsp3) is 0.217. The van der Waals surface area contributed by atoms with Crippen LogP contribution >= 0.6 is 0 Å². The Kier molecular flexibility index (Phi) is 6.51. The lowest BCUT2D eigenvalue weighted by Gasteiger charge is -2.17. The molecular weight excluding hydrogens is 387 g/mol. The molecular formula is C23H23FN2O4. The zero-order valence-electron chi connectivity index (χ0n) is 16.9. The Morgan fingerprint density at radius 1 is 1.17 bits per heavy atom. The number of likely N-dealkylation sites (N-methyl/N-ethyl adjacent to an activating group) is 1. The van der Waals surface area contributed by atoms with Crippen molar-refractivity contribution in [1.82, 2.24) is 10.2 Å². The van der Waals surface area contributed by atoms with Gasteiger partial charge >= 0.3 is 6.03 Å². The minimum Gasteiger partial charge on any atom is -0.490 e. The van der Waals surface area contributed by atoms with Crippen molar-refractivity contribution >= 4 is 18.0 Å². The maximum Gasteiger partial charge on any atom is 0.328 e. The summed E-state index contributed by atoms with van der Waals surface area (Å²) < 4.78 is 24.9. The van der Waals surface area contributed by atoms with Crippen molar-refractivity contribution in [2.45, 2.75) is 20.0 Å². The van der Waals surface area contributed by atoms with Gasteiger partial charge in [-0.2, -0.15) is 0 Å². The topological polar surface area (TPSA) is 67.9 Å². The lowest BCUT2D eigenvalue weighted by atomic mass is 10.0. The summed E-state index contributed by atoms with van der Waals surface area (Å²) in [4.78, 5) is 24.9. The van der Waals surface area contributed by atoms with Gasteiger partial charge in [0.25, 0.3) is 5.91 Å². The van der Waals surface area contributed by atoms with Crippen LogP contribution in [0.25, 0.3) is 6.08 Å². The van der Waals surface area contributed by atoms with Crippen LogP contribution in [0.4, 0.5) is 9.18 Å². The number of hydrogen-bond donors (Lipinski definition) is 1. The second-order valence-corrected chi connectivity index (χ2v) is 6.70. The molecule has 0 spiro atoms. The molecule has 0 unspecified atom stereocenters. The summed E-state index contributed by atoms with van der Waals surface area (Å²) in [6.45, 7) is 6.31. The summed E-state index contributed by atoms with van der Waals surface area (Å²) in [5.41, 5.74) is 2.50. The van der Waals surface area contributed by atoms with E-state index in [1.54, 1.807) is 30.4 Å². The van der Waals surface area contributed by atoms with Crippen molar-refractivity contribution < 1.29 is 23.5 Å². The van der Waals surface area contributed by atoms with Gasteiger partial charge in [-0.1, -0.05) is 18.2 Å². The number of carbonyl (C=O) groups is 2. The standard InChI is InChI=1S/C23H23FN2O4/c1-4-6-17-11-16(12-19-22(27)26(3)23(28)25-19)13-20(29-5-2)21(17)30-14-15-7-9-18(24)10-8-15/h4,7-13H,1,5-6,14H2,2-3H3,(H,25,28)/b19-12+. The van der Waals surface area contributed by atoms with Gasteiger partial charge in [0.05, 0.1) is 6.61 Å². The van der Waals surface area contributed by atoms with E-state index in [0.29, 0.717) is 30.1 Å². The lowest BCUT2D eigenvalue weighted by molar-refractivity contribution is -0.121. The number of rotatable bonds is 8. The van der Waals surface area contributed by atoms with Crippen molar-refractivity contribution in [1.29, 1.82) is 0 Å². The highest BCUT2D eigenvalue weighted by molar-refractivity contribution is 6.13. The number of amides is 3. The van der Waals surface area contributed by atoms with Crippen LogP contribution < -0.4 is 14.8 Å². The van der Waals surface area contributed by atoms with Crippen LogP contribution in [-0.4, -0.2) is 30.5 Å². The molecule has 2 aromatic carbocycles. The van der Waals surface area contributed by atoms with Crippen molar-refractivity contribution in [2.24, 2.45) is 0 Å². The van der Waals surface area contributed by atoms with E-state index >= 15 is 0 Å². The van der Waals surface area contributed by atoms with E-state index in [1.165, 1.54) is 19.2 Å². The Morgan fingerprint density at radius 2 is 1.90 bits per heavy atom. The van der Waals surface area contributed by atoms with Crippen molar-refractivity contribution in [3.8, 4) is 11.5 Å². The number of ether oxygens (including phenoxy) is 2. The largest absolute Gasteiger partial charge is 0.490 e. The first-order chi connectivity index (χ1) is 14.4. The van der Waals surface area contributed by atoms with Crippen LogP contribution in [0.5, 0.6) is 11.5 Å². The average Bonchev–Trinajstić information content (AvgIpc) is 2.96. The molecule has 1 aliphatic heterocycles. The van der Waals surface area contributed by atoms with Gasteiger partial charge in [-0.15, -0.1) is 6.58 Å². The molecule has 3 rings (SSSR count). The van der Waals surface area contributed by atoms with E-state index in [4.69, 9.17) is 9.47 Å². The average molecular weight is 410 g/mol. The Bertz CT molecular complexity index is 999. The highest BCUT2D eigenvalue weighted by Crippen LogP contribution is 2.35. The van der Waals surface area contributed by atoms with E-state index in [2.05, 4.69) is 11.9 Å². The van der Waals surface area contributed by atoms with Crippen LogP contribution in [0.1, 0.15) is 23.6 Å². The second kappa shape index (κ2) is 9.26. The summed E-state index contributed by atoms with van der Waals surface area (Å²) in [7, 11) is 1.42. The Morgan fingerprint density at radius 3 is 2.50 bits per heavy atom. The molecule has 6 nitrogen and oxygen atoms in total. The number of allylic oxidation sites excluding steroid dienone is 1. The Labute approximate surface area is 174 Å². The molecule has 1 saturated heterocycles. The molecule has 0 saturated carbocycles. The van der Waals surface area contributed by atoms with E-state index in [1.807, 2.05) is 13.0 Å². The highest BCUT2D eigenvalue weighted by Gasteiger charge is 2.30. The quantitative estimate of drug-likeness (QED) is 0.405. The van der Waals surface area contributed by atoms with Crippen LogP contribution in [0.3, 0.4) is 0 Å². The first-order valence-electron chi connectivity index (χ1n) is 9.51.